The van der Waals surface area contributed by atoms with Crippen molar-refractivity contribution in [3.05, 3.63) is 70.3 Å². The SMILES string of the molecule is CCC(C)n1c(=O)c2c(-c3noc(-c4ccc(F)cc4)n3)ncn2c2ccc(F)c(C#N)c21. The van der Waals surface area contributed by atoms with Gasteiger partial charge in [-0.3, -0.25) is 9.20 Å². The second-order valence-corrected chi connectivity index (χ2v) is 7.58. The van der Waals surface area contributed by atoms with E-state index in [1.807, 2.05) is 19.9 Å². The molecule has 0 fully saturated rings. The van der Waals surface area contributed by atoms with E-state index in [4.69, 9.17) is 4.52 Å². The van der Waals surface area contributed by atoms with Crippen molar-refractivity contribution in [2.75, 3.05) is 0 Å². The van der Waals surface area contributed by atoms with Crippen LogP contribution in [0.4, 0.5) is 8.78 Å². The number of hydrogen-bond acceptors (Lipinski definition) is 6. The molecule has 1 atom stereocenters. The van der Waals surface area contributed by atoms with Gasteiger partial charge in [-0.25, -0.2) is 13.8 Å². The van der Waals surface area contributed by atoms with Crippen LogP contribution < -0.4 is 5.56 Å². The molecule has 0 saturated carbocycles. The smallest absolute Gasteiger partial charge is 0.278 e. The molecule has 3 aromatic heterocycles. The monoisotopic (exact) mass is 446 g/mol. The third kappa shape index (κ3) is 3.09. The van der Waals surface area contributed by atoms with E-state index < -0.39 is 17.2 Å². The number of aromatic nitrogens is 5. The van der Waals surface area contributed by atoms with Crippen molar-refractivity contribution in [1.82, 2.24) is 24.1 Å². The zero-order valence-corrected chi connectivity index (χ0v) is 17.6. The normalized spacial score (nSPS) is 12.3. The molecule has 0 radical (unpaired) electrons. The first-order valence-corrected chi connectivity index (χ1v) is 10.2. The number of fused-ring (bicyclic) bond motifs is 3. The topological polar surface area (TPSA) is 102 Å². The van der Waals surface area contributed by atoms with E-state index in [2.05, 4.69) is 15.1 Å². The first-order valence-electron chi connectivity index (χ1n) is 10.2. The molecule has 5 rings (SSSR count). The molecule has 0 aliphatic carbocycles. The van der Waals surface area contributed by atoms with Crippen LogP contribution in [-0.2, 0) is 0 Å². The van der Waals surface area contributed by atoms with Crippen LogP contribution in [0.25, 0.3) is 39.5 Å². The first kappa shape index (κ1) is 20.5. The molecular weight excluding hydrogens is 430 g/mol. The van der Waals surface area contributed by atoms with Crippen molar-refractivity contribution in [2.45, 2.75) is 26.3 Å². The molecule has 3 heterocycles. The fourth-order valence-corrected chi connectivity index (χ4v) is 3.85. The summed E-state index contributed by atoms with van der Waals surface area (Å²) in [6.45, 7) is 3.71. The molecule has 0 bridgehead atoms. The van der Waals surface area contributed by atoms with Gasteiger partial charge in [0.2, 0.25) is 5.82 Å². The highest BCUT2D eigenvalue weighted by atomic mass is 19.1. The first-order chi connectivity index (χ1) is 15.9. The summed E-state index contributed by atoms with van der Waals surface area (Å²) in [6, 6.07) is 9.79. The van der Waals surface area contributed by atoms with E-state index in [1.54, 1.807) is 0 Å². The number of halogens is 2. The van der Waals surface area contributed by atoms with Gasteiger partial charge >= 0.3 is 0 Å². The molecule has 10 heteroatoms. The molecule has 8 nitrogen and oxygen atoms in total. The van der Waals surface area contributed by atoms with Crippen LogP contribution in [0.5, 0.6) is 0 Å². The maximum absolute atomic E-state index is 14.4. The molecule has 5 aromatic rings. The Hall–Kier alpha value is -4.39. The summed E-state index contributed by atoms with van der Waals surface area (Å²) in [4.78, 5) is 22.3. The maximum atomic E-state index is 14.4. The van der Waals surface area contributed by atoms with Crippen molar-refractivity contribution < 1.29 is 13.3 Å². The van der Waals surface area contributed by atoms with Crippen molar-refractivity contribution in [2.24, 2.45) is 0 Å². The van der Waals surface area contributed by atoms with Crippen LogP contribution >= 0.6 is 0 Å². The summed E-state index contributed by atoms with van der Waals surface area (Å²) in [7, 11) is 0. The van der Waals surface area contributed by atoms with E-state index in [1.165, 1.54) is 51.7 Å². The summed E-state index contributed by atoms with van der Waals surface area (Å²) in [5, 5.41) is 13.5. The number of imidazole rings is 1. The average molecular weight is 446 g/mol. The third-order valence-corrected chi connectivity index (χ3v) is 5.67. The molecule has 33 heavy (non-hydrogen) atoms. The predicted molar refractivity (Wildman–Crippen MR) is 115 cm³/mol. The zero-order valence-electron chi connectivity index (χ0n) is 17.6. The minimum Gasteiger partial charge on any atom is -0.334 e. The zero-order chi connectivity index (χ0) is 23.3. The van der Waals surface area contributed by atoms with Crippen LogP contribution in [0.1, 0.15) is 31.9 Å². The van der Waals surface area contributed by atoms with Gasteiger partial charge in [-0.15, -0.1) is 0 Å². The Bertz CT molecular complexity index is 1630. The van der Waals surface area contributed by atoms with Gasteiger partial charge in [0.25, 0.3) is 11.4 Å². The van der Waals surface area contributed by atoms with Crippen LogP contribution in [0, 0.1) is 23.0 Å². The summed E-state index contributed by atoms with van der Waals surface area (Å²) >= 11 is 0. The lowest BCUT2D eigenvalue weighted by atomic mass is 10.1. The predicted octanol–water partition coefficient (Wildman–Crippen LogP) is 4.49. The molecule has 0 N–H and O–H groups in total. The minimum absolute atomic E-state index is 0.0756. The lowest BCUT2D eigenvalue weighted by Crippen LogP contribution is -2.26. The molecule has 0 aliphatic rings. The van der Waals surface area contributed by atoms with Crippen molar-refractivity contribution in [3.8, 4) is 29.0 Å². The highest BCUT2D eigenvalue weighted by Gasteiger charge is 2.24. The van der Waals surface area contributed by atoms with Gasteiger partial charge in [0.15, 0.2) is 0 Å². The Kier molecular flexibility index (Phi) is 4.74. The highest BCUT2D eigenvalue weighted by Crippen LogP contribution is 2.29. The van der Waals surface area contributed by atoms with Gasteiger partial charge in [0, 0.05) is 11.6 Å². The van der Waals surface area contributed by atoms with Crippen molar-refractivity contribution in [3.63, 3.8) is 0 Å². The Balaban J connectivity index is 1.81. The molecular formula is C23H16F2N6O2. The maximum Gasteiger partial charge on any atom is 0.278 e. The van der Waals surface area contributed by atoms with Gasteiger partial charge in [-0.1, -0.05) is 12.1 Å². The molecule has 164 valence electrons. The second-order valence-electron chi connectivity index (χ2n) is 7.58. The average Bonchev–Trinajstić information content (AvgIpc) is 3.47. The van der Waals surface area contributed by atoms with E-state index in [0.717, 1.165) is 0 Å². The standard InChI is InChI=1S/C23H16F2N6O2/c1-3-12(2)31-19-15(10-26)16(25)8-9-17(19)30-11-27-18(20(30)23(31)32)21-28-22(33-29-21)13-4-6-14(24)7-5-13/h4-9,11-12H,3H2,1-2H3. The molecule has 0 spiro atoms. The fourth-order valence-electron chi connectivity index (χ4n) is 3.85. The minimum atomic E-state index is -0.705. The van der Waals surface area contributed by atoms with Crippen LogP contribution in [0.2, 0.25) is 0 Å². The Labute approximate surface area is 185 Å². The summed E-state index contributed by atoms with van der Waals surface area (Å²) in [5.74, 6) is -0.887. The number of benzene rings is 2. The highest BCUT2D eigenvalue weighted by molar-refractivity contribution is 5.87. The number of hydrogen-bond donors (Lipinski definition) is 0. The Morgan fingerprint density at radius 1 is 1.15 bits per heavy atom. The Morgan fingerprint density at radius 2 is 1.91 bits per heavy atom. The number of nitrogens with zero attached hydrogens (tertiary/aromatic N) is 6. The second kappa shape index (κ2) is 7.63. The summed E-state index contributed by atoms with van der Waals surface area (Å²) in [5.41, 5.74) is 0.843. The largest absolute Gasteiger partial charge is 0.334 e. The summed E-state index contributed by atoms with van der Waals surface area (Å²) in [6.07, 6.45) is 1.98. The van der Waals surface area contributed by atoms with Crippen LogP contribution in [-0.4, -0.2) is 24.1 Å². The van der Waals surface area contributed by atoms with Crippen LogP contribution in [0.15, 0.2) is 52.0 Å². The Morgan fingerprint density at radius 3 is 2.61 bits per heavy atom. The van der Waals surface area contributed by atoms with Crippen molar-refractivity contribution >= 4 is 16.6 Å². The number of rotatable bonds is 4. The fraction of sp³-hybridized carbons (Fsp3) is 0.174. The molecule has 1 unspecified atom stereocenters. The van der Waals surface area contributed by atoms with E-state index in [-0.39, 0.29) is 40.0 Å². The lowest BCUT2D eigenvalue weighted by molar-refractivity contribution is 0.432. The van der Waals surface area contributed by atoms with E-state index >= 15 is 0 Å². The molecule has 2 aromatic carbocycles. The van der Waals surface area contributed by atoms with Gasteiger partial charge < -0.3 is 9.09 Å². The van der Waals surface area contributed by atoms with Gasteiger partial charge in [0.1, 0.15) is 40.8 Å². The lowest BCUT2D eigenvalue weighted by Gasteiger charge is -2.18. The number of nitriles is 1. The van der Waals surface area contributed by atoms with E-state index in [0.29, 0.717) is 17.5 Å². The van der Waals surface area contributed by atoms with Gasteiger partial charge in [-0.2, -0.15) is 10.2 Å². The molecule has 0 aliphatic heterocycles. The van der Waals surface area contributed by atoms with Gasteiger partial charge in [-0.05, 0) is 49.7 Å². The molecule has 0 amide bonds. The summed E-state index contributed by atoms with van der Waals surface area (Å²) < 4.78 is 35.9. The van der Waals surface area contributed by atoms with Crippen molar-refractivity contribution in [1.29, 1.82) is 5.26 Å². The molecule has 0 saturated heterocycles. The third-order valence-electron chi connectivity index (χ3n) is 5.67. The van der Waals surface area contributed by atoms with E-state index in [9.17, 15) is 18.8 Å². The quantitative estimate of drug-likeness (QED) is 0.403. The van der Waals surface area contributed by atoms with Crippen LogP contribution in [0.3, 0.4) is 0 Å². The van der Waals surface area contributed by atoms with Gasteiger partial charge in [0.05, 0.1) is 11.0 Å².